The number of nitrogens with one attached hydrogen (secondary N) is 2. The molecule has 0 spiro atoms. The number of ether oxygens (including phenoxy) is 1. The summed E-state index contributed by atoms with van der Waals surface area (Å²) in [4.78, 5) is 16.6. The summed E-state index contributed by atoms with van der Waals surface area (Å²) in [5.41, 5.74) is 16.5. The van der Waals surface area contributed by atoms with E-state index in [0.717, 1.165) is 56.7 Å². The highest BCUT2D eigenvalue weighted by Crippen LogP contribution is 2.31. The summed E-state index contributed by atoms with van der Waals surface area (Å²) in [6.07, 6.45) is 6.33. The molecule has 0 saturated carbocycles. The van der Waals surface area contributed by atoms with Crippen LogP contribution in [0.4, 0.5) is 5.69 Å². The Morgan fingerprint density at radius 2 is 1.47 bits per heavy atom. The van der Waals surface area contributed by atoms with Crippen molar-refractivity contribution in [2.24, 2.45) is 17.4 Å². The zero-order chi connectivity index (χ0) is 33.8. The van der Waals surface area contributed by atoms with Crippen LogP contribution in [-0.2, 0) is 4.79 Å². The highest BCUT2D eigenvalue weighted by Gasteiger charge is 2.26. The monoisotopic (exact) mass is 636 g/mol. The van der Waals surface area contributed by atoms with Gasteiger partial charge in [-0.1, -0.05) is 75.4 Å². The van der Waals surface area contributed by atoms with Crippen LogP contribution in [0.2, 0.25) is 0 Å². The molecule has 8 heteroatoms. The van der Waals surface area contributed by atoms with Gasteiger partial charge in [0, 0.05) is 30.9 Å². The number of hydrogen-bond donors (Lipinski definition) is 4. The van der Waals surface area contributed by atoms with Crippen LogP contribution in [-0.4, -0.2) is 61.2 Å². The second kappa shape index (κ2) is 17.5. The van der Waals surface area contributed by atoms with Crippen molar-refractivity contribution in [3.05, 3.63) is 102 Å². The van der Waals surface area contributed by atoms with E-state index in [1.807, 2.05) is 75.4 Å². The molecule has 3 aromatic rings. The van der Waals surface area contributed by atoms with Gasteiger partial charge in [0.25, 0.3) is 5.91 Å². The molecule has 2 heterocycles. The molecular weight excluding hydrogens is 584 g/mol. The molecule has 1 amide bonds. The Hall–Kier alpha value is -4.43. The third-order valence-electron chi connectivity index (χ3n) is 9.24. The average Bonchev–Trinajstić information content (AvgIpc) is 3.11. The molecule has 2 aliphatic rings. The molecule has 0 aromatic heterocycles. The number of primary amides is 1. The summed E-state index contributed by atoms with van der Waals surface area (Å²) < 4.78 is 5.73. The van der Waals surface area contributed by atoms with Gasteiger partial charge in [-0.25, -0.2) is 0 Å². The Kier molecular flexibility index (Phi) is 13.2. The first-order valence-electron chi connectivity index (χ1n) is 17.1. The van der Waals surface area contributed by atoms with Crippen LogP contribution >= 0.6 is 0 Å². The number of hydrogen-bond acceptors (Lipinski definition) is 6. The molecule has 47 heavy (non-hydrogen) atoms. The Labute approximate surface area is 280 Å². The first kappa shape index (κ1) is 35.4. The second-order valence-electron chi connectivity index (χ2n) is 12.3. The molecule has 0 radical (unpaired) electrons. The first-order chi connectivity index (χ1) is 22.8. The lowest BCUT2D eigenvalue weighted by Gasteiger charge is -2.38. The molecule has 1 atom stereocenters. The number of rotatable bonds is 12. The van der Waals surface area contributed by atoms with E-state index in [1.54, 1.807) is 6.08 Å². The van der Waals surface area contributed by atoms with Crippen molar-refractivity contribution in [2.45, 2.75) is 64.9 Å². The zero-order valence-electron chi connectivity index (χ0n) is 28.3. The van der Waals surface area contributed by atoms with Crippen LogP contribution in [0.25, 0.3) is 5.57 Å². The van der Waals surface area contributed by atoms with Gasteiger partial charge in [0.05, 0.1) is 5.71 Å². The third kappa shape index (κ3) is 9.78. The predicted molar refractivity (Wildman–Crippen MR) is 195 cm³/mol. The smallest absolute Gasteiger partial charge is 0.258 e. The average molecular weight is 637 g/mol. The van der Waals surface area contributed by atoms with Gasteiger partial charge in [-0.3, -0.25) is 10.2 Å². The molecule has 5 rings (SSSR count). The SMILES string of the molecule is CC.CCC(Oc1ccc(N2CCC(CN3CCC(c4ccc(/C(=C/C(=N)c5ccccc5)C(=N)N)cc4)CC3)CC2)cc1)C(N)=O. The maximum atomic E-state index is 11.5. The number of allylic oxidation sites excluding steroid dienone is 1. The van der Waals surface area contributed by atoms with Crippen molar-refractivity contribution >= 4 is 28.7 Å². The molecule has 2 fully saturated rings. The maximum Gasteiger partial charge on any atom is 0.258 e. The van der Waals surface area contributed by atoms with Crippen LogP contribution in [0.15, 0.2) is 84.9 Å². The first-order valence-corrected chi connectivity index (χ1v) is 17.1. The molecule has 2 saturated heterocycles. The summed E-state index contributed by atoms with van der Waals surface area (Å²) in [7, 11) is 0. The quantitative estimate of drug-likeness (QED) is 0.128. The van der Waals surface area contributed by atoms with E-state index in [2.05, 4.69) is 34.1 Å². The number of benzene rings is 3. The van der Waals surface area contributed by atoms with Gasteiger partial charge in [-0.15, -0.1) is 0 Å². The highest BCUT2D eigenvalue weighted by atomic mass is 16.5. The Morgan fingerprint density at radius 1 is 0.851 bits per heavy atom. The van der Waals surface area contributed by atoms with Crippen LogP contribution in [0.5, 0.6) is 5.75 Å². The van der Waals surface area contributed by atoms with Gasteiger partial charge in [0.2, 0.25) is 0 Å². The van der Waals surface area contributed by atoms with Gasteiger partial charge < -0.3 is 31.4 Å². The van der Waals surface area contributed by atoms with Crippen LogP contribution in [0, 0.1) is 16.7 Å². The minimum absolute atomic E-state index is 0.0303. The molecule has 8 nitrogen and oxygen atoms in total. The number of likely N-dealkylation sites (tertiary alicyclic amines) is 1. The predicted octanol–water partition coefficient (Wildman–Crippen LogP) is 6.84. The van der Waals surface area contributed by atoms with Gasteiger partial charge in [0.15, 0.2) is 6.10 Å². The molecule has 1 unspecified atom stereocenters. The van der Waals surface area contributed by atoms with E-state index in [4.69, 9.17) is 27.0 Å². The van der Waals surface area contributed by atoms with Crippen LogP contribution < -0.4 is 21.1 Å². The van der Waals surface area contributed by atoms with E-state index in [1.165, 1.54) is 24.1 Å². The van der Waals surface area contributed by atoms with Crippen molar-refractivity contribution in [3.63, 3.8) is 0 Å². The normalized spacial score (nSPS) is 16.9. The third-order valence-corrected chi connectivity index (χ3v) is 9.24. The van der Waals surface area contributed by atoms with E-state index >= 15 is 0 Å². The molecule has 3 aromatic carbocycles. The summed E-state index contributed by atoms with van der Waals surface area (Å²) in [5.74, 6) is 1.46. The van der Waals surface area contributed by atoms with Crippen molar-refractivity contribution in [1.29, 1.82) is 10.8 Å². The largest absolute Gasteiger partial charge is 0.481 e. The van der Waals surface area contributed by atoms with E-state index in [0.29, 0.717) is 35.3 Å². The second-order valence-corrected chi connectivity index (χ2v) is 12.3. The molecule has 0 bridgehead atoms. The molecular formula is C39H52N6O2. The van der Waals surface area contributed by atoms with Crippen LogP contribution in [0.1, 0.15) is 75.5 Å². The summed E-state index contributed by atoms with van der Waals surface area (Å²) >= 11 is 0. The van der Waals surface area contributed by atoms with Gasteiger partial charge in [-0.05, 0) is 104 Å². The van der Waals surface area contributed by atoms with E-state index in [9.17, 15) is 4.79 Å². The Bertz CT molecular complexity index is 1470. The fourth-order valence-corrected chi connectivity index (χ4v) is 6.53. The fourth-order valence-electron chi connectivity index (χ4n) is 6.53. The van der Waals surface area contributed by atoms with Crippen molar-refractivity contribution in [1.82, 2.24) is 4.90 Å². The number of anilines is 1. The number of amidine groups is 1. The van der Waals surface area contributed by atoms with Gasteiger partial charge in [-0.2, -0.15) is 0 Å². The Balaban J connectivity index is 0.00000245. The number of amides is 1. The summed E-state index contributed by atoms with van der Waals surface area (Å²) in [5, 5.41) is 16.6. The number of carbonyl (C=O) groups is 1. The standard InChI is InChI=1S/C37H46N6O2.C2H6/c1-2-35(37(41)44)45-32-14-12-31(13-15-32)43-22-16-26(17-23-43)25-42-20-18-28(19-21-42)27-8-10-29(11-9-27)33(36(39)40)24-34(38)30-6-4-3-5-7-30;1-2/h3-15,24,26,28,35,38H,2,16-23,25H2,1H3,(H3,39,40)(H2,41,44);1-2H3/b33-24-,38-34?;. The fraction of sp³-hybridized carbons (Fsp3) is 0.410. The minimum atomic E-state index is -0.590. The van der Waals surface area contributed by atoms with Crippen molar-refractivity contribution in [3.8, 4) is 5.75 Å². The molecule has 250 valence electrons. The lowest BCUT2D eigenvalue weighted by Crippen LogP contribution is -2.41. The van der Waals surface area contributed by atoms with Crippen molar-refractivity contribution < 1.29 is 9.53 Å². The Morgan fingerprint density at radius 3 is 2.02 bits per heavy atom. The van der Waals surface area contributed by atoms with E-state index < -0.39 is 12.0 Å². The van der Waals surface area contributed by atoms with Gasteiger partial charge in [0.1, 0.15) is 11.6 Å². The van der Waals surface area contributed by atoms with Gasteiger partial charge >= 0.3 is 0 Å². The molecule has 6 N–H and O–H groups in total. The van der Waals surface area contributed by atoms with E-state index in [-0.39, 0.29) is 5.84 Å². The maximum absolute atomic E-state index is 11.5. The zero-order valence-corrected chi connectivity index (χ0v) is 28.3. The number of nitrogens with zero attached hydrogens (tertiary/aromatic N) is 2. The van der Waals surface area contributed by atoms with Crippen molar-refractivity contribution in [2.75, 3.05) is 37.6 Å². The molecule has 2 aliphatic heterocycles. The lowest BCUT2D eigenvalue weighted by molar-refractivity contribution is -0.124. The number of piperidine rings is 2. The van der Waals surface area contributed by atoms with Crippen LogP contribution in [0.3, 0.4) is 0 Å². The highest BCUT2D eigenvalue weighted by molar-refractivity contribution is 6.26. The molecule has 0 aliphatic carbocycles. The number of carbonyl (C=O) groups excluding carboxylic acids is 1. The summed E-state index contributed by atoms with van der Waals surface area (Å²) in [6.45, 7) is 11.4. The summed E-state index contributed by atoms with van der Waals surface area (Å²) in [6, 6.07) is 26.0. The topological polar surface area (TPSA) is 133 Å². The minimum Gasteiger partial charge on any atom is -0.481 e. The lowest BCUT2D eigenvalue weighted by atomic mass is 9.87. The number of nitrogens with two attached hydrogens (primary N) is 2.